The first-order valence-corrected chi connectivity index (χ1v) is 7.71. The van der Waals surface area contributed by atoms with Crippen molar-refractivity contribution in [1.82, 2.24) is 0 Å². The third kappa shape index (κ3) is 4.39. The number of para-hydroxylation sites is 1. The molecule has 0 unspecified atom stereocenters. The van der Waals surface area contributed by atoms with E-state index in [0.717, 1.165) is 27.6 Å². The molecule has 0 aliphatic heterocycles. The second kappa shape index (κ2) is 7.88. The Kier molecular flexibility index (Phi) is 5.88. The molecule has 0 spiro atoms. The average molecular weight is 334 g/mol. The second-order valence-electron chi connectivity index (χ2n) is 5.18. The van der Waals surface area contributed by atoms with Crippen molar-refractivity contribution in [3.63, 3.8) is 0 Å². The number of aryl methyl sites for hydroxylation is 2. The van der Waals surface area contributed by atoms with Crippen molar-refractivity contribution in [1.29, 1.82) is 0 Å². The highest BCUT2D eigenvalue weighted by Gasteiger charge is 2.10. The quantitative estimate of drug-likeness (QED) is 0.634. The van der Waals surface area contributed by atoms with Crippen LogP contribution in [0.3, 0.4) is 0 Å². The first-order chi connectivity index (χ1) is 11.0. The predicted molar refractivity (Wildman–Crippen MR) is 92.7 cm³/mol. The highest BCUT2D eigenvalue weighted by Crippen LogP contribution is 2.25. The van der Waals surface area contributed by atoms with Crippen molar-refractivity contribution >= 4 is 23.3 Å². The highest BCUT2D eigenvalue weighted by atomic mass is 35.5. The van der Waals surface area contributed by atoms with Crippen molar-refractivity contribution in [2.24, 2.45) is 0 Å². The maximum absolute atomic E-state index is 11.7. The molecule has 0 aromatic heterocycles. The van der Waals surface area contributed by atoms with E-state index in [1.54, 1.807) is 12.1 Å². The molecule has 0 bridgehead atoms. The lowest BCUT2D eigenvalue weighted by molar-refractivity contribution is 0.0602. The van der Waals surface area contributed by atoms with Crippen molar-refractivity contribution in [2.45, 2.75) is 13.8 Å². The van der Waals surface area contributed by atoms with Crippen molar-refractivity contribution < 1.29 is 14.3 Å². The molecule has 0 aliphatic carbocycles. The Morgan fingerprint density at radius 1 is 1.17 bits per heavy atom. The van der Waals surface area contributed by atoms with Crippen LogP contribution in [0.5, 0.6) is 5.75 Å². The van der Waals surface area contributed by atoms with Gasteiger partial charge >= 0.3 is 5.97 Å². The topological polar surface area (TPSA) is 47.6 Å². The normalized spacial score (nSPS) is 10.3. The zero-order valence-corrected chi connectivity index (χ0v) is 14.2. The number of rotatable bonds is 6. The summed E-state index contributed by atoms with van der Waals surface area (Å²) >= 11 is 6.14. The molecule has 0 radical (unpaired) electrons. The molecule has 1 N–H and O–H groups in total. The SMILES string of the molecule is COC(=O)c1ccccc1NCCOc1cc(C)c(Cl)c(C)c1. The van der Waals surface area contributed by atoms with Gasteiger partial charge in [0.05, 0.1) is 12.7 Å². The van der Waals surface area contributed by atoms with E-state index in [9.17, 15) is 4.79 Å². The van der Waals surface area contributed by atoms with Crippen LogP contribution in [0.15, 0.2) is 36.4 Å². The summed E-state index contributed by atoms with van der Waals surface area (Å²) in [7, 11) is 1.37. The number of hydrogen-bond donors (Lipinski definition) is 1. The Labute approximate surface area is 141 Å². The van der Waals surface area contributed by atoms with Crippen LogP contribution in [-0.4, -0.2) is 26.2 Å². The zero-order chi connectivity index (χ0) is 16.8. The summed E-state index contributed by atoms with van der Waals surface area (Å²) in [5.74, 6) is 0.422. The monoisotopic (exact) mass is 333 g/mol. The fourth-order valence-electron chi connectivity index (χ4n) is 2.27. The number of ether oxygens (including phenoxy) is 2. The number of halogens is 1. The molecular weight excluding hydrogens is 314 g/mol. The first-order valence-electron chi connectivity index (χ1n) is 7.33. The number of hydrogen-bond acceptors (Lipinski definition) is 4. The Morgan fingerprint density at radius 3 is 2.48 bits per heavy atom. The molecule has 122 valence electrons. The second-order valence-corrected chi connectivity index (χ2v) is 5.56. The van der Waals surface area contributed by atoms with Crippen molar-refractivity contribution in [3.05, 3.63) is 58.1 Å². The van der Waals surface area contributed by atoms with Gasteiger partial charge in [0.15, 0.2) is 0 Å². The van der Waals surface area contributed by atoms with Crippen molar-refractivity contribution in [2.75, 3.05) is 25.6 Å². The Hall–Kier alpha value is -2.20. The summed E-state index contributed by atoms with van der Waals surface area (Å²) in [4.78, 5) is 11.7. The minimum atomic E-state index is -0.363. The number of carbonyl (C=O) groups excluding carboxylic acids is 1. The van der Waals surface area contributed by atoms with Gasteiger partial charge in [0, 0.05) is 17.3 Å². The van der Waals surface area contributed by atoms with Gasteiger partial charge in [-0.3, -0.25) is 0 Å². The summed E-state index contributed by atoms with van der Waals surface area (Å²) in [5.41, 5.74) is 3.22. The molecule has 4 nitrogen and oxygen atoms in total. The molecule has 0 saturated heterocycles. The van der Waals surface area contributed by atoms with Crippen LogP contribution in [0.4, 0.5) is 5.69 Å². The number of esters is 1. The lowest BCUT2D eigenvalue weighted by Crippen LogP contribution is -2.14. The van der Waals surface area contributed by atoms with Gasteiger partial charge in [-0.15, -0.1) is 0 Å². The van der Waals surface area contributed by atoms with Gasteiger partial charge < -0.3 is 14.8 Å². The molecule has 2 aromatic carbocycles. The van der Waals surface area contributed by atoms with Gasteiger partial charge in [0.2, 0.25) is 0 Å². The highest BCUT2D eigenvalue weighted by molar-refractivity contribution is 6.32. The smallest absolute Gasteiger partial charge is 0.339 e. The van der Waals surface area contributed by atoms with Crippen molar-refractivity contribution in [3.8, 4) is 5.75 Å². The summed E-state index contributed by atoms with van der Waals surface area (Å²) in [6, 6.07) is 11.0. The van der Waals surface area contributed by atoms with E-state index in [2.05, 4.69) is 5.32 Å². The number of nitrogens with one attached hydrogen (secondary N) is 1. The third-order valence-corrected chi connectivity index (χ3v) is 4.02. The van der Waals surface area contributed by atoms with Gasteiger partial charge in [-0.25, -0.2) is 4.79 Å². The lowest BCUT2D eigenvalue weighted by atomic mass is 10.1. The molecule has 0 saturated carbocycles. The van der Waals surface area contributed by atoms with Gasteiger partial charge in [-0.2, -0.15) is 0 Å². The summed E-state index contributed by atoms with van der Waals surface area (Å²) in [5, 5.41) is 3.95. The first kappa shape index (κ1) is 17.2. The average Bonchev–Trinajstić information content (AvgIpc) is 2.56. The van der Waals surface area contributed by atoms with Crippen LogP contribution in [0.25, 0.3) is 0 Å². The van der Waals surface area contributed by atoms with Crippen LogP contribution in [0, 0.1) is 13.8 Å². The number of carbonyl (C=O) groups is 1. The summed E-state index contributed by atoms with van der Waals surface area (Å²) < 4.78 is 10.5. The van der Waals surface area contributed by atoms with Crippen LogP contribution in [-0.2, 0) is 4.74 Å². The predicted octanol–water partition coefficient (Wildman–Crippen LogP) is 4.23. The molecule has 2 rings (SSSR count). The minimum Gasteiger partial charge on any atom is -0.492 e. The standard InChI is InChI=1S/C18H20ClNO3/c1-12-10-14(11-13(2)17(12)19)23-9-8-20-16-7-5-4-6-15(16)18(21)22-3/h4-7,10-11,20H,8-9H2,1-3H3. The fourth-order valence-corrected chi connectivity index (χ4v) is 2.38. The number of methoxy groups -OCH3 is 1. The molecule has 0 fully saturated rings. The van der Waals surface area contributed by atoms with Gasteiger partial charge in [0.25, 0.3) is 0 Å². The van der Waals surface area contributed by atoms with E-state index in [1.165, 1.54) is 7.11 Å². The fraction of sp³-hybridized carbons (Fsp3) is 0.278. The van der Waals surface area contributed by atoms with E-state index in [4.69, 9.17) is 21.1 Å². The van der Waals surface area contributed by atoms with E-state index >= 15 is 0 Å². The zero-order valence-electron chi connectivity index (χ0n) is 13.5. The molecule has 0 amide bonds. The van der Waals surface area contributed by atoms with Crippen LogP contribution >= 0.6 is 11.6 Å². The van der Waals surface area contributed by atoms with Gasteiger partial charge in [-0.05, 0) is 49.2 Å². The summed E-state index contributed by atoms with van der Waals surface area (Å²) in [6.07, 6.45) is 0. The van der Waals surface area contributed by atoms with Gasteiger partial charge in [0.1, 0.15) is 12.4 Å². The van der Waals surface area contributed by atoms with E-state index in [-0.39, 0.29) is 5.97 Å². The molecule has 0 aliphatic rings. The molecule has 2 aromatic rings. The van der Waals surface area contributed by atoms with E-state index < -0.39 is 0 Å². The molecule has 5 heteroatoms. The number of anilines is 1. The molecule has 0 heterocycles. The van der Waals surface area contributed by atoms with Crippen LogP contribution in [0.2, 0.25) is 5.02 Å². The minimum absolute atomic E-state index is 0.363. The van der Waals surface area contributed by atoms with Gasteiger partial charge in [-0.1, -0.05) is 23.7 Å². The molecule has 23 heavy (non-hydrogen) atoms. The Balaban J connectivity index is 1.93. The Bertz CT molecular complexity index is 677. The Morgan fingerprint density at radius 2 is 1.83 bits per heavy atom. The third-order valence-electron chi connectivity index (χ3n) is 3.43. The van der Waals surface area contributed by atoms with Crippen LogP contribution in [0.1, 0.15) is 21.5 Å². The largest absolute Gasteiger partial charge is 0.492 e. The lowest BCUT2D eigenvalue weighted by Gasteiger charge is -2.12. The van der Waals surface area contributed by atoms with Crippen LogP contribution < -0.4 is 10.1 Å². The maximum Gasteiger partial charge on any atom is 0.339 e. The van der Waals surface area contributed by atoms with E-state index in [0.29, 0.717) is 18.7 Å². The maximum atomic E-state index is 11.7. The molecular formula is C18H20ClNO3. The molecule has 0 atom stereocenters. The van der Waals surface area contributed by atoms with E-state index in [1.807, 2.05) is 38.1 Å². The number of benzene rings is 2. The summed E-state index contributed by atoms with van der Waals surface area (Å²) in [6.45, 7) is 4.94.